The molecule has 4 nitrogen and oxygen atoms in total. The van der Waals surface area contributed by atoms with Gasteiger partial charge in [-0.15, -0.1) is 11.3 Å². The maximum atomic E-state index is 12.6. The van der Waals surface area contributed by atoms with E-state index in [9.17, 15) is 9.59 Å². The van der Waals surface area contributed by atoms with Gasteiger partial charge in [0.2, 0.25) is 17.3 Å². The summed E-state index contributed by atoms with van der Waals surface area (Å²) >= 11 is 1.27. The van der Waals surface area contributed by atoms with Crippen LogP contribution in [0.4, 0.5) is 0 Å². The lowest BCUT2D eigenvalue weighted by Gasteiger charge is -2.09. The molecule has 0 atom stereocenters. The number of ketones is 2. The first-order chi connectivity index (χ1) is 10.2. The second-order valence-electron chi connectivity index (χ2n) is 4.87. The summed E-state index contributed by atoms with van der Waals surface area (Å²) in [5, 5.41) is 5.72. The predicted molar refractivity (Wildman–Crippen MR) is 77.9 cm³/mol. The summed E-state index contributed by atoms with van der Waals surface area (Å²) in [5.41, 5.74) is 2.92. The van der Waals surface area contributed by atoms with Crippen LogP contribution in [-0.4, -0.2) is 16.7 Å². The summed E-state index contributed by atoms with van der Waals surface area (Å²) < 4.78 is 5.19. The van der Waals surface area contributed by atoms with Crippen molar-refractivity contribution in [3.8, 4) is 11.3 Å². The Hall–Kier alpha value is -2.53. The molecule has 0 bridgehead atoms. The molecule has 0 saturated carbocycles. The summed E-state index contributed by atoms with van der Waals surface area (Å²) in [5.74, 6) is -0.411. The van der Waals surface area contributed by atoms with Gasteiger partial charge in [0.1, 0.15) is 11.3 Å². The van der Waals surface area contributed by atoms with Crippen molar-refractivity contribution in [1.82, 2.24) is 5.16 Å². The number of hydrogen-bond acceptors (Lipinski definition) is 5. The molecule has 2 aromatic heterocycles. The van der Waals surface area contributed by atoms with Crippen LogP contribution in [0.2, 0.25) is 0 Å². The molecule has 1 aliphatic rings. The molecule has 0 spiro atoms. The van der Waals surface area contributed by atoms with Gasteiger partial charge in [-0.05, 0) is 23.9 Å². The van der Waals surface area contributed by atoms with Crippen LogP contribution in [0.3, 0.4) is 0 Å². The number of carbonyl (C=O) groups is 2. The lowest BCUT2D eigenvalue weighted by molar-refractivity contribution is 0.0958. The number of nitrogens with zero attached hydrogens (tertiary/aromatic N) is 1. The summed E-state index contributed by atoms with van der Waals surface area (Å²) in [6, 6.07) is 9.24. The number of rotatable bonds is 1. The Kier molecular flexibility index (Phi) is 2.46. The van der Waals surface area contributed by atoms with Gasteiger partial charge in [0.25, 0.3) is 0 Å². The topological polar surface area (TPSA) is 60.2 Å². The van der Waals surface area contributed by atoms with Crippen LogP contribution < -0.4 is 0 Å². The lowest BCUT2D eigenvalue weighted by Crippen LogP contribution is -2.17. The van der Waals surface area contributed by atoms with Crippen LogP contribution in [0.5, 0.6) is 0 Å². The second-order valence-corrected chi connectivity index (χ2v) is 5.79. The molecule has 0 unspecified atom stereocenters. The van der Waals surface area contributed by atoms with E-state index >= 15 is 0 Å². The number of thiophene rings is 1. The maximum absolute atomic E-state index is 12.6. The fourth-order valence-corrected chi connectivity index (χ4v) is 3.41. The van der Waals surface area contributed by atoms with Gasteiger partial charge >= 0.3 is 0 Å². The molecule has 5 heteroatoms. The van der Waals surface area contributed by atoms with Gasteiger partial charge in [-0.1, -0.05) is 29.4 Å². The SMILES string of the molecule is Cc1ccccc1-c1noc2c1C(=O)c1sccc1C2=O. The molecule has 0 amide bonds. The van der Waals surface area contributed by atoms with Crippen molar-refractivity contribution < 1.29 is 14.1 Å². The zero-order valence-corrected chi connectivity index (χ0v) is 11.9. The summed E-state index contributed by atoms with van der Waals surface area (Å²) in [6.07, 6.45) is 0. The van der Waals surface area contributed by atoms with E-state index < -0.39 is 0 Å². The highest BCUT2D eigenvalue weighted by atomic mass is 32.1. The zero-order valence-electron chi connectivity index (χ0n) is 11.0. The standard InChI is InChI=1S/C16H9NO3S/c1-8-4-2-3-5-9(8)12-11-14(19)16-10(6-7-21-16)13(18)15(11)20-17-12/h2-7H,1H3. The van der Waals surface area contributed by atoms with Gasteiger partial charge in [0, 0.05) is 11.1 Å². The molecule has 0 radical (unpaired) electrons. The minimum atomic E-state index is -0.270. The third-order valence-corrected chi connectivity index (χ3v) is 4.55. The van der Waals surface area contributed by atoms with Crippen LogP contribution in [0.15, 0.2) is 40.2 Å². The zero-order chi connectivity index (χ0) is 14.6. The van der Waals surface area contributed by atoms with Crippen molar-refractivity contribution in [2.45, 2.75) is 6.92 Å². The van der Waals surface area contributed by atoms with Crippen molar-refractivity contribution in [3.05, 3.63) is 63.0 Å². The Labute approximate surface area is 124 Å². The Morgan fingerprint density at radius 3 is 2.67 bits per heavy atom. The molecule has 1 aliphatic carbocycles. The molecule has 102 valence electrons. The fourth-order valence-electron chi connectivity index (χ4n) is 2.58. The Bertz CT molecular complexity index is 904. The molecule has 0 fully saturated rings. The van der Waals surface area contributed by atoms with Crippen LogP contribution in [0.1, 0.15) is 36.9 Å². The molecule has 0 saturated heterocycles. The van der Waals surface area contributed by atoms with Crippen molar-refractivity contribution in [1.29, 1.82) is 0 Å². The van der Waals surface area contributed by atoms with E-state index in [2.05, 4.69) is 5.16 Å². The van der Waals surface area contributed by atoms with Gasteiger partial charge in [-0.2, -0.15) is 0 Å². The van der Waals surface area contributed by atoms with E-state index in [-0.39, 0.29) is 22.9 Å². The highest BCUT2D eigenvalue weighted by molar-refractivity contribution is 7.12. The Balaban J connectivity index is 2.00. The number of benzene rings is 1. The first-order valence-corrected chi connectivity index (χ1v) is 7.29. The van der Waals surface area contributed by atoms with Gasteiger partial charge in [0.05, 0.1) is 4.88 Å². The van der Waals surface area contributed by atoms with Crippen LogP contribution >= 0.6 is 11.3 Å². The van der Waals surface area contributed by atoms with E-state index in [1.54, 1.807) is 11.4 Å². The van der Waals surface area contributed by atoms with E-state index in [0.717, 1.165) is 11.1 Å². The van der Waals surface area contributed by atoms with Crippen molar-refractivity contribution in [2.24, 2.45) is 0 Å². The van der Waals surface area contributed by atoms with E-state index in [0.29, 0.717) is 16.1 Å². The molecule has 2 heterocycles. The summed E-state index contributed by atoms with van der Waals surface area (Å²) in [4.78, 5) is 25.5. The smallest absolute Gasteiger partial charge is 0.233 e. The quantitative estimate of drug-likeness (QED) is 0.539. The highest BCUT2D eigenvalue weighted by Gasteiger charge is 2.37. The first-order valence-electron chi connectivity index (χ1n) is 6.41. The van der Waals surface area contributed by atoms with Crippen molar-refractivity contribution >= 4 is 22.9 Å². The number of fused-ring (bicyclic) bond motifs is 2. The molecule has 21 heavy (non-hydrogen) atoms. The highest BCUT2D eigenvalue weighted by Crippen LogP contribution is 2.36. The number of aryl methyl sites for hydroxylation is 1. The Morgan fingerprint density at radius 1 is 1.05 bits per heavy atom. The van der Waals surface area contributed by atoms with Gasteiger partial charge in [-0.3, -0.25) is 9.59 Å². The van der Waals surface area contributed by atoms with Crippen molar-refractivity contribution in [2.75, 3.05) is 0 Å². The van der Waals surface area contributed by atoms with Crippen molar-refractivity contribution in [3.63, 3.8) is 0 Å². The van der Waals surface area contributed by atoms with E-state index in [4.69, 9.17) is 4.52 Å². The number of hydrogen-bond donors (Lipinski definition) is 0. The molecule has 4 rings (SSSR count). The van der Waals surface area contributed by atoms with Gasteiger partial charge in [0.15, 0.2) is 0 Å². The normalized spacial score (nSPS) is 13.2. The number of carbonyl (C=O) groups excluding carboxylic acids is 2. The van der Waals surface area contributed by atoms with Gasteiger partial charge < -0.3 is 4.52 Å². The predicted octanol–water partition coefficient (Wildman–Crippen LogP) is 3.49. The molecule has 0 aliphatic heterocycles. The maximum Gasteiger partial charge on any atom is 0.233 e. The van der Waals surface area contributed by atoms with Crippen LogP contribution in [0, 0.1) is 6.92 Å². The summed E-state index contributed by atoms with van der Waals surface area (Å²) in [7, 11) is 0. The number of aromatic nitrogens is 1. The van der Waals surface area contributed by atoms with E-state index in [1.165, 1.54) is 11.3 Å². The average molecular weight is 295 g/mol. The molecule has 0 N–H and O–H groups in total. The third kappa shape index (κ3) is 1.58. The summed E-state index contributed by atoms with van der Waals surface area (Å²) in [6.45, 7) is 1.93. The fraction of sp³-hybridized carbons (Fsp3) is 0.0625. The average Bonchev–Trinajstić information content (AvgIpc) is 3.12. The Morgan fingerprint density at radius 2 is 1.86 bits per heavy atom. The molecule has 1 aromatic carbocycles. The lowest BCUT2D eigenvalue weighted by atomic mass is 9.91. The molecule has 3 aromatic rings. The molecular formula is C16H9NO3S. The van der Waals surface area contributed by atoms with E-state index in [1.807, 2.05) is 31.2 Å². The molecular weight excluding hydrogens is 286 g/mol. The third-order valence-electron chi connectivity index (χ3n) is 3.64. The minimum absolute atomic E-state index is 0.0455. The van der Waals surface area contributed by atoms with Gasteiger partial charge in [-0.25, -0.2) is 0 Å². The first kappa shape index (κ1) is 12.2. The van der Waals surface area contributed by atoms with Crippen LogP contribution in [-0.2, 0) is 0 Å². The minimum Gasteiger partial charge on any atom is -0.351 e. The monoisotopic (exact) mass is 295 g/mol. The van der Waals surface area contributed by atoms with Crippen LogP contribution in [0.25, 0.3) is 11.3 Å². The second kappa shape index (κ2) is 4.23. The largest absolute Gasteiger partial charge is 0.351 e.